The van der Waals surface area contributed by atoms with Crippen molar-refractivity contribution in [1.29, 1.82) is 0 Å². The molecule has 2 aromatic carbocycles. The van der Waals surface area contributed by atoms with Crippen molar-refractivity contribution in [2.24, 2.45) is 0 Å². The van der Waals surface area contributed by atoms with Crippen molar-refractivity contribution in [2.75, 3.05) is 0 Å². The zero-order valence-corrected chi connectivity index (χ0v) is 12.8. The van der Waals surface area contributed by atoms with Crippen LogP contribution in [0.1, 0.15) is 48.6 Å². The highest BCUT2D eigenvalue weighted by atomic mass is 14.2. The SMILES string of the molecule is C1#C[C@H](c2ccccc2)[C@@H](c2ccccc2)C#CCCCC1. The molecule has 0 heterocycles. The summed E-state index contributed by atoms with van der Waals surface area (Å²) in [5.41, 5.74) is 2.53. The molecule has 1 aliphatic rings. The van der Waals surface area contributed by atoms with Gasteiger partial charge >= 0.3 is 0 Å². The predicted molar refractivity (Wildman–Crippen MR) is 92.4 cm³/mol. The molecule has 0 bridgehead atoms. The van der Waals surface area contributed by atoms with Gasteiger partial charge in [0.15, 0.2) is 0 Å². The summed E-state index contributed by atoms with van der Waals surface area (Å²) in [7, 11) is 0. The highest BCUT2D eigenvalue weighted by molar-refractivity contribution is 5.40. The minimum absolute atomic E-state index is 0.147. The summed E-state index contributed by atoms with van der Waals surface area (Å²) in [4.78, 5) is 0. The Bertz CT molecular complexity index is 639. The molecule has 0 nitrogen and oxygen atoms in total. The Morgan fingerprint density at radius 2 is 1.00 bits per heavy atom. The average molecular weight is 284 g/mol. The van der Waals surface area contributed by atoms with Crippen LogP contribution in [0, 0.1) is 23.7 Å². The molecule has 2 atom stereocenters. The average Bonchev–Trinajstić information content (AvgIpc) is 2.60. The fourth-order valence-electron chi connectivity index (χ4n) is 2.83. The van der Waals surface area contributed by atoms with E-state index >= 15 is 0 Å². The highest BCUT2D eigenvalue weighted by Crippen LogP contribution is 2.32. The van der Waals surface area contributed by atoms with E-state index in [-0.39, 0.29) is 11.8 Å². The lowest BCUT2D eigenvalue weighted by molar-refractivity contribution is 0.752. The predicted octanol–water partition coefficient (Wildman–Crippen LogP) is 5.13. The summed E-state index contributed by atoms with van der Waals surface area (Å²) in [5.74, 6) is 14.1. The number of hydrogen-bond acceptors (Lipinski definition) is 0. The Hall–Kier alpha value is -2.44. The lowest BCUT2D eigenvalue weighted by Crippen LogP contribution is -2.09. The van der Waals surface area contributed by atoms with Crippen molar-refractivity contribution in [3.8, 4) is 23.7 Å². The first kappa shape index (κ1) is 14.5. The van der Waals surface area contributed by atoms with Gasteiger partial charge < -0.3 is 0 Å². The van der Waals surface area contributed by atoms with E-state index in [0.29, 0.717) is 0 Å². The molecule has 0 unspecified atom stereocenters. The molecular weight excluding hydrogens is 264 g/mol. The third-order valence-electron chi connectivity index (χ3n) is 4.02. The first-order valence-corrected chi connectivity index (χ1v) is 8.02. The van der Waals surface area contributed by atoms with Gasteiger partial charge in [-0.15, -0.1) is 11.8 Å². The van der Waals surface area contributed by atoms with E-state index in [9.17, 15) is 0 Å². The molecule has 22 heavy (non-hydrogen) atoms. The minimum Gasteiger partial charge on any atom is -0.103 e. The Morgan fingerprint density at radius 3 is 1.41 bits per heavy atom. The van der Waals surface area contributed by atoms with Crippen molar-refractivity contribution in [3.63, 3.8) is 0 Å². The zero-order chi connectivity index (χ0) is 15.0. The molecule has 0 heteroatoms. The summed E-state index contributed by atoms with van der Waals surface area (Å²) < 4.78 is 0. The van der Waals surface area contributed by atoms with E-state index in [2.05, 4.69) is 84.3 Å². The van der Waals surface area contributed by atoms with Crippen LogP contribution in [0.3, 0.4) is 0 Å². The molecule has 0 saturated carbocycles. The molecular formula is C22H20. The summed E-state index contributed by atoms with van der Waals surface area (Å²) in [6.45, 7) is 0. The van der Waals surface area contributed by atoms with Gasteiger partial charge in [-0.05, 0) is 24.0 Å². The maximum absolute atomic E-state index is 3.50. The molecule has 0 radical (unpaired) electrons. The maximum atomic E-state index is 3.50. The first-order chi connectivity index (χ1) is 10.9. The van der Waals surface area contributed by atoms with Crippen LogP contribution in [0.25, 0.3) is 0 Å². The Balaban J connectivity index is 2.05. The standard InChI is InChI=1S/C22H20/c1-2-4-12-18-22(20-15-9-6-10-16-20)21(17-11-3-1)19-13-7-5-8-14-19/h5-10,13-16,21-22H,1-4H2/t21-,22-/m1/s1. The Kier molecular flexibility index (Phi) is 4.96. The largest absolute Gasteiger partial charge is 0.103 e. The van der Waals surface area contributed by atoms with E-state index in [1.165, 1.54) is 11.1 Å². The zero-order valence-electron chi connectivity index (χ0n) is 12.8. The van der Waals surface area contributed by atoms with Crippen LogP contribution < -0.4 is 0 Å². The summed E-state index contributed by atoms with van der Waals surface area (Å²) in [6, 6.07) is 21.1. The molecule has 0 N–H and O–H groups in total. The minimum atomic E-state index is 0.147. The molecule has 0 saturated heterocycles. The van der Waals surface area contributed by atoms with Crippen LogP contribution >= 0.6 is 0 Å². The van der Waals surface area contributed by atoms with E-state index in [4.69, 9.17) is 0 Å². The molecule has 3 rings (SSSR count). The number of rotatable bonds is 2. The quantitative estimate of drug-likeness (QED) is 0.670. The van der Waals surface area contributed by atoms with Crippen LogP contribution in [0.2, 0.25) is 0 Å². The van der Waals surface area contributed by atoms with Crippen molar-refractivity contribution in [2.45, 2.75) is 37.5 Å². The van der Waals surface area contributed by atoms with Crippen molar-refractivity contribution >= 4 is 0 Å². The second kappa shape index (κ2) is 7.53. The second-order valence-corrected chi connectivity index (χ2v) is 5.63. The number of hydrogen-bond donors (Lipinski definition) is 0. The van der Waals surface area contributed by atoms with Crippen LogP contribution in [-0.2, 0) is 0 Å². The monoisotopic (exact) mass is 284 g/mol. The molecule has 0 spiro atoms. The third kappa shape index (κ3) is 3.60. The fraction of sp³-hybridized carbons (Fsp3) is 0.273. The van der Waals surface area contributed by atoms with Crippen LogP contribution in [0.15, 0.2) is 60.7 Å². The first-order valence-electron chi connectivity index (χ1n) is 8.02. The molecule has 0 aromatic heterocycles. The topological polar surface area (TPSA) is 0 Å². The van der Waals surface area contributed by atoms with Gasteiger partial charge in [-0.25, -0.2) is 0 Å². The van der Waals surface area contributed by atoms with E-state index in [1.54, 1.807) is 0 Å². The van der Waals surface area contributed by atoms with Crippen LogP contribution in [0.4, 0.5) is 0 Å². The van der Waals surface area contributed by atoms with Gasteiger partial charge in [-0.3, -0.25) is 0 Å². The second-order valence-electron chi connectivity index (χ2n) is 5.63. The van der Waals surface area contributed by atoms with Gasteiger partial charge in [-0.1, -0.05) is 72.5 Å². The van der Waals surface area contributed by atoms with E-state index in [0.717, 1.165) is 25.7 Å². The van der Waals surface area contributed by atoms with Crippen LogP contribution in [0.5, 0.6) is 0 Å². The van der Waals surface area contributed by atoms with Gasteiger partial charge in [-0.2, -0.15) is 0 Å². The summed E-state index contributed by atoms with van der Waals surface area (Å²) in [6.07, 6.45) is 4.26. The number of benzene rings is 2. The molecule has 108 valence electrons. The molecule has 0 aliphatic heterocycles. The smallest absolute Gasteiger partial charge is 0.0630 e. The Morgan fingerprint density at radius 1 is 0.591 bits per heavy atom. The molecule has 1 aliphatic carbocycles. The van der Waals surface area contributed by atoms with Crippen molar-refractivity contribution in [1.82, 2.24) is 0 Å². The van der Waals surface area contributed by atoms with Gasteiger partial charge in [0.2, 0.25) is 0 Å². The van der Waals surface area contributed by atoms with Gasteiger partial charge in [0.25, 0.3) is 0 Å². The molecule has 2 aromatic rings. The Labute approximate surface area is 133 Å². The van der Waals surface area contributed by atoms with Gasteiger partial charge in [0.1, 0.15) is 0 Å². The maximum Gasteiger partial charge on any atom is 0.0630 e. The van der Waals surface area contributed by atoms with Crippen LogP contribution in [-0.4, -0.2) is 0 Å². The fourth-order valence-corrected chi connectivity index (χ4v) is 2.83. The van der Waals surface area contributed by atoms with E-state index in [1.807, 2.05) is 0 Å². The molecule has 0 amide bonds. The lowest BCUT2D eigenvalue weighted by atomic mass is 9.81. The lowest BCUT2D eigenvalue weighted by Gasteiger charge is -2.20. The van der Waals surface area contributed by atoms with Crippen molar-refractivity contribution in [3.05, 3.63) is 71.8 Å². The highest BCUT2D eigenvalue weighted by Gasteiger charge is 2.21. The third-order valence-corrected chi connectivity index (χ3v) is 4.02. The van der Waals surface area contributed by atoms with Gasteiger partial charge in [0.05, 0.1) is 11.8 Å². The normalized spacial score (nSPS) is 20.9. The van der Waals surface area contributed by atoms with E-state index < -0.39 is 0 Å². The van der Waals surface area contributed by atoms with Gasteiger partial charge in [0, 0.05) is 12.8 Å². The molecule has 0 fully saturated rings. The van der Waals surface area contributed by atoms with Crippen molar-refractivity contribution < 1.29 is 0 Å². The summed E-state index contributed by atoms with van der Waals surface area (Å²) >= 11 is 0. The summed E-state index contributed by atoms with van der Waals surface area (Å²) in [5, 5.41) is 0.